The number of likely N-dealkylation sites (N-methyl/N-ethyl adjacent to an activating group) is 2. The Bertz CT molecular complexity index is 197. The number of nitrogens with one attached hydrogen (secondary N) is 1. The van der Waals surface area contributed by atoms with Crippen LogP contribution in [0.4, 0.5) is 0 Å². The van der Waals surface area contributed by atoms with E-state index in [2.05, 4.69) is 17.1 Å². The summed E-state index contributed by atoms with van der Waals surface area (Å²) in [5, 5.41) is 3.30. The molecule has 1 N–H and O–H groups in total. The van der Waals surface area contributed by atoms with Crippen molar-refractivity contribution in [3.8, 4) is 0 Å². The fourth-order valence-electron chi connectivity index (χ4n) is 2.24. The van der Waals surface area contributed by atoms with Gasteiger partial charge in [0.05, 0.1) is 7.11 Å². The van der Waals surface area contributed by atoms with Crippen LogP contribution in [0.5, 0.6) is 0 Å². The van der Waals surface area contributed by atoms with Gasteiger partial charge in [-0.05, 0) is 25.9 Å². The second-order valence-corrected chi connectivity index (χ2v) is 4.22. The molecule has 1 rings (SSSR count). The van der Waals surface area contributed by atoms with E-state index in [1.165, 1.54) is 7.11 Å². The van der Waals surface area contributed by atoms with Crippen LogP contribution in [-0.4, -0.2) is 50.7 Å². The number of hydrogen-bond acceptors (Lipinski definition) is 4. The molecule has 0 aromatic carbocycles. The fraction of sp³-hybridized carbons (Fsp3) is 0.909. The summed E-state index contributed by atoms with van der Waals surface area (Å²) in [6, 6.07) is 0.508. The van der Waals surface area contributed by atoms with Crippen molar-refractivity contribution in [1.29, 1.82) is 0 Å². The summed E-state index contributed by atoms with van der Waals surface area (Å²) in [5.41, 5.74) is 0. The van der Waals surface area contributed by atoms with E-state index in [1.807, 2.05) is 7.05 Å². The van der Waals surface area contributed by atoms with Crippen molar-refractivity contribution in [2.24, 2.45) is 5.92 Å². The van der Waals surface area contributed by atoms with Gasteiger partial charge in [0.2, 0.25) is 0 Å². The first-order chi connectivity index (χ1) is 7.19. The topological polar surface area (TPSA) is 41.6 Å². The first-order valence-electron chi connectivity index (χ1n) is 5.66. The number of piperidine rings is 1. The molecule has 0 bridgehead atoms. The lowest BCUT2D eigenvalue weighted by Crippen LogP contribution is -2.48. The van der Waals surface area contributed by atoms with E-state index in [0.29, 0.717) is 18.4 Å². The minimum atomic E-state index is -0.0900. The molecule has 15 heavy (non-hydrogen) atoms. The average molecular weight is 214 g/mol. The summed E-state index contributed by atoms with van der Waals surface area (Å²) in [7, 11) is 3.44. The molecule has 2 unspecified atom stereocenters. The molecule has 0 aliphatic carbocycles. The minimum absolute atomic E-state index is 0.0900. The third-order valence-corrected chi connectivity index (χ3v) is 3.15. The second-order valence-electron chi connectivity index (χ2n) is 4.22. The smallest absolute Gasteiger partial charge is 0.305 e. The summed E-state index contributed by atoms with van der Waals surface area (Å²) >= 11 is 0. The zero-order valence-corrected chi connectivity index (χ0v) is 9.95. The van der Waals surface area contributed by atoms with Gasteiger partial charge >= 0.3 is 5.97 Å². The molecule has 0 amide bonds. The van der Waals surface area contributed by atoms with Crippen LogP contribution in [0.3, 0.4) is 0 Å². The van der Waals surface area contributed by atoms with Crippen molar-refractivity contribution in [1.82, 2.24) is 10.2 Å². The first kappa shape index (κ1) is 12.5. The highest BCUT2D eigenvalue weighted by Gasteiger charge is 2.27. The molecule has 1 saturated heterocycles. The van der Waals surface area contributed by atoms with Gasteiger partial charge in [-0.2, -0.15) is 0 Å². The molecular weight excluding hydrogens is 192 g/mol. The third kappa shape index (κ3) is 3.80. The summed E-state index contributed by atoms with van der Waals surface area (Å²) in [5.74, 6) is 0.344. The lowest BCUT2D eigenvalue weighted by atomic mass is 9.91. The third-order valence-electron chi connectivity index (χ3n) is 3.15. The summed E-state index contributed by atoms with van der Waals surface area (Å²) in [4.78, 5) is 13.6. The highest BCUT2D eigenvalue weighted by Crippen LogP contribution is 2.20. The molecule has 0 aromatic heterocycles. The number of likely N-dealkylation sites (tertiary alicyclic amines) is 1. The lowest BCUT2D eigenvalue weighted by Gasteiger charge is -2.36. The predicted octanol–water partition coefficient (Wildman–Crippen LogP) is 0.479. The molecule has 88 valence electrons. The summed E-state index contributed by atoms with van der Waals surface area (Å²) < 4.78 is 4.71. The van der Waals surface area contributed by atoms with Gasteiger partial charge in [-0.3, -0.25) is 4.79 Å². The van der Waals surface area contributed by atoms with Gasteiger partial charge in [0.15, 0.2) is 0 Å². The number of rotatable bonds is 4. The quantitative estimate of drug-likeness (QED) is 0.691. The lowest BCUT2D eigenvalue weighted by molar-refractivity contribution is -0.142. The number of ether oxygens (including phenoxy) is 1. The number of nitrogens with zero attached hydrogens (tertiary/aromatic N) is 1. The van der Waals surface area contributed by atoms with Gasteiger partial charge in [-0.25, -0.2) is 0 Å². The van der Waals surface area contributed by atoms with Gasteiger partial charge in [0.25, 0.3) is 0 Å². The Morgan fingerprint density at radius 3 is 2.80 bits per heavy atom. The standard InChI is InChI=1S/C11H22N2O2/c1-4-13-7-9(6-11(14)15-3)5-10(8-13)12-2/h9-10,12H,4-8H2,1-3H3. The first-order valence-corrected chi connectivity index (χ1v) is 5.66. The van der Waals surface area contributed by atoms with Crippen LogP contribution in [0, 0.1) is 5.92 Å². The van der Waals surface area contributed by atoms with E-state index in [-0.39, 0.29) is 5.97 Å². The molecule has 1 fully saturated rings. The Labute approximate surface area is 92.0 Å². The maximum absolute atomic E-state index is 11.2. The van der Waals surface area contributed by atoms with E-state index in [1.54, 1.807) is 0 Å². The van der Waals surface area contributed by atoms with Gasteiger partial charge in [-0.1, -0.05) is 6.92 Å². The summed E-state index contributed by atoms with van der Waals surface area (Å²) in [6.45, 7) is 5.32. The molecule has 2 atom stereocenters. The van der Waals surface area contributed by atoms with Gasteiger partial charge < -0.3 is 15.0 Å². The van der Waals surface area contributed by atoms with Crippen LogP contribution in [0.1, 0.15) is 19.8 Å². The predicted molar refractivity (Wildman–Crippen MR) is 59.7 cm³/mol. The average Bonchev–Trinajstić information content (AvgIpc) is 2.28. The largest absolute Gasteiger partial charge is 0.469 e. The number of esters is 1. The molecule has 1 aliphatic rings. The van der Waals surface area contributed by atoms with Gasteiger partial charge in [0, 0.05) is 25.6 Å². The molecule has 4 heteroatoms. The summed E-state index contributed by atoms with van der Waals surface area (Å²) in [6.07, 6.45) is 1.62. The molecule has 0 aromatic rings. The molecule has 1 heterocycles. The van der Waals surface area contributed by atoms with E-state index < -0.39 is 0 Å². The Morgan fingerprint density at radius 2 is 2.27 bits per heavy atom. The molecule has 0 saturated carbocycles. The maximum Gasteiger partial charge on any atom is 0.305 e. The molecule has 0 spiro atoms. The van der Waals surface area contributed by atoms with Crippen molar-refractivity contribution in [2.45, 2.75) is 25.8 Å². The van der Waals surface area contributed by atoms with Gasteiger partial charge in [0.1, 0.15) is 0 Å². The SMILES string of the molecule is CCN1CC(CC(=O)OC)CC(NC)C1. The molecule has 1 aliphatic heterocycles. The molecule has 0 radical (unpaired) electrons. The maximum atomic E-state index is 11.2. The van der Waals surface area contributed by atoms with Crippen LogP contribution in [0.2, 0.25) is 0 Å². The van der Waals surface area contributed by atoms with E-state index in [4.69, 9.17) is 4.74 Å². The Morgan fingerprint density at radius 1 is 1.53 bits per heavy atom. The van der Waals surface area contributed by atoms with E-state index in [9.17, 15) is 4.79 Å². The fourth-order valence-corrected chi connectivity index (χ4v) is 2.24. The minimum Gasteiger partial charge on any atom is -0.469 e. The van der Waals surface area contributed by atoms with Crippen molar-refractivity contribution in [2.75, 3.05) is 33.8 Å². The molecular formula is C11H22N2O2. The van der Waals surface area contributed by atoms with E-state index in [0.717, 1.165) is 26.1 Å². The van der Waals surface area contributed by atoms with E-state index >= 15 is 0 Å². The number of carbonyl (C=O) groups is 1. The van der Waals surface area contributed by atoms with Crippen LogP contribution < -0.4 is 5.32 Å². The highest BCUT2D eigenvalue weighted by molar-refractivity contribution is 5.69. The van der Waals surface area contributed by atoms with Crippen molar-refractivity contribution in [3.05, 3.63) is 0 Å². The zero-order valence-electron chi connectivity index (χ0n) is 9.95. The molecule has 4 nitrogen and oxygen atoms in total. The monoisotopic (exact) mass is 214 g/mol. The number of hydrogen-bond donors (Lipinski definition) is 1. The van der Waals surface area contributed by atoms with Crippen LogP contribution >= 0.6 is 0 Å². The van der Waals surface area contributed by atoms with Crippen molar-refractivity contribution in [3.63, 3.8) is 0 Å². The Kier molecular flexibility index (Phi) is 5.05. The van der Waals surface area contributed by atoms with Crippen molar-refractivity contribution >= 4 is 5.97 Å². The number of methoxy groups -OCH3 is 1. The second kappa shape index (κ2) is 6.08. The van der Waals surface area contributed by atoms with Crippen LogP contribution in [0.15, 0.2) is 0 Å². The van der Waals surface area contributed by atoms with Crippen LogP contribution in [-0.2, 0) is 9.53 Å². The highest BCUT2D eigenvalue weighted by atomic mass is 16.5. The van der Waals surface area contributed by atoms with Crippen LogP contribution in [0.25, 0.3) is 0 Å². The van der Waals surface area contributed by atoms with Gasteiger partial charge in [-0.15, -0.1) is 0 Å². The Hall–Kier alpha value is -0.610. The normalized spacial score (nSPS) is 27.7. The zero-order chi connectivity index (χ0) is 11.3. The Balaban J connectivity index is 2.46. The number of carbonyl (C=O) groups excluding carboxylic acids is 1. The van der Waals surface area contributed by atoms with Crippen molar-refractivity contribution < 1.29 is 9.53 Å².